The molecule has 0 aliphatic carbocycles. The molecular formula is C15H27ClO3Si. The zero-order chi connectivity index (χ0) is 15.6. The van der Waals surface area contributed by atoms with Crippen molar-refractivity contribution < 1.29 is 14.0 Å². The lowest BCUT2D eigenvalue weighted by Crippen LogP contribution is -2.43. The van der Waals surface area contributed by atoms with Crippen LogP contribution in [0.5, 0.6) is 0 Å². The number of carbonyl (C=O) groups is 1. The number of alkyl halides is 1. The van der Waals surface area contributed by atoms with Crippen LogP contribution in [0.1, 0.15) is 27.2 Å². The van der Waals surface area contributed by atoms with Crippen LogP contribution in [0.3, 0.4) is 0 Å². The van der Waals surface area contributed by atoms with Crippen molar-refractivity contribution in [2.24, 2.45) is 11.8 Å². The maximum Gasteiger partial charge on any atom is 0.310 e. The largest absolute Gasteiger partial charge is 0.459 e. The van der Waals surface area contributed by atoms with Gasteiger partial charge in [-0.3, -0.25) is 4.79 Å². The molecule has 20 heavy (non-hydrogen) atoms. The first-order valence-electron chi connectivity index (χ1n) is 7.17. The highest BCUT2D eigenvalue weighted by Gasteiger charge is 2.44. The fourth-order valence-electron chi connectivity index (χ4n) is 2.13. The van der Waals surface area contributed by atoms with E-state index in [2.05, 4.69) is 40.4 Å². The molecule has 1 saturated heterocycles. The SMILES string of the molecule is C=C[C@@H]1[C@H](CCCl)C(=O)O[C@@H]1CO[Si](C)(C)C(C)(C)C. The van der Waals surface area contributed by atoms with Crippen molar-refractivity contribution in [1.82, 2.24) is 0 Å². The summed E-state index contributed by atoms with van der Waals surface area (Å²) in [5.41, 5.74) is 0. The predicted octanol–water partition coefficient (Wildman–Crippen LogP) is 3.98. The third-order valence-electron chi connectivity index (χ3n) is 4.57. The van der Waals surface area contributed by atoms with E-state index in [9.17, 15) is 4.79 Å². The number of hydrogen-bond acceptors (Lipinski definition) is 3. The van der Waals surface area contributed by atoms with E-state index in [1.807, 2.05) is 6.08 Å². The molecule has 0 saturated carbocycles. The molecule has 116 valence electrons. The first-order chi connectivity index (χ1) is 9.14. The van der Waals surface area contributed by atoms with Crippen LogP contribution < -0.4 is 0 Å². The normalized spacial score (nSPS) is 27.5. The topological polar surface area (TPSA) is 35.5 Å². The van der Waals surface area contributed by atoms with Crippen LogP contribution in [0.25, 0.3) is 0 Å². The van der Waals surface area contributed by atoms with E-state index < -0.39 is 8.32 Å². The van der Waals surface area contributed by atoms with Crippen molar-refractivity contribution in [2.75, 3.05) is 12.5 Å². The van der Waals surface area contributed by atoms with E-state index in [0.29, 0.717) is 18.9 Å². The minimum atomic E-state index is -1.83. The van der Waals surface area contributed by atoms with Crippen LogP contribution in [0.15, 0.2) is 12.7 Å². The Morgan fingerprint density at radius 1 is 1.45 bits per heavy atom. The molecule has 0 bridgehead atoms. The van der Waals surface area contributed by atoms with Crippen molar-refractivity contribution in [3.63, 3.8) is 0 Å². The quantitative estimate of drug-likeness (QED) is 0.321. The smallest absolute Gasteiger partial charge is 0.310 e. The minimum absolute atomic E-state index is 0.00557. The molecule has 1 aliphatic heterocycles. The summed E-state index contributed by atoms with van der Waals surface area (Å²) in [7, 11) is -1.83. The maximum absolute atomic E-state index is 11.9. The molecule has 0 aromatic heterocycles. The summed E-state index contributed by atoms with van der Waals surface area (Å²) in [5, 5.41) is 0.148. The molecule has 0 aromatic rings. The Hall–Kier alpha value is -0.323. The first kappa shape index (κ1) is 17.7. The van der Waals surface area contributed by atoms with Gasteiger partial charge in [-0.15, -0.1) is 18.2 Å². The molecule has 1 rings (SSSR count). The monoisotopic (exact) mass is 318 g/mol. The van der Waals surface area contributed by atoms with Crippen molar-refractivity contribution in [2.45, 2.75) is 51.4 Å². The van der Waals surface area contributed by atoms with E-state index in [-0.39, 0.29) is 28.9 Å². The Bertz CT molecular complexity index is 363. The van der Waals surface area contributed by atoms with Crippen molar-refractivity contribution in [3.8, 4) is 0 Å². The molecule has 3 nitrogen and oxygen atoms in total. The average Bonchev–Trinajstić information content (AvgIpc) is 2.62. The summed E-state index contributed by atoms with van der Waals surface area (Å²) in [6.07, 6.45) is 2.22. The highest BCUT2D eigenvalue weighted by atomic mass is 35.5. The highest BCUT2D eigenvalue weighted by Crippen LogP contribution is 2.38. The number of hydrogen-bond donors (Lipinski definition) is 0. The van der Waals surface area contributed by atoms with Gasteiger partial charge in [0.15, 0.2) is 8.32 Å². The molecule has 3 atom stereocenters. The zero-order valence-electron chi connectivity index (χ0n) is 13.2. The molecule has 0 N–H and O–H groups in total. The van der Waals surface area contributed by atoms with Crippen LogP contribution >= 0.6 is 11.6 Å². The Morgan fingerprint density at radius 2 is 2.05 bits per heavy atom. The van der Waals surface area contributed by atoms with Crippen molar-refractivity contribution in [1.29, 1.82) is 0 Å². The van der Waals surface area contributed by atoms with Gasteiger partial charge >= 0.3 is 5.97 Å². The Labute approximate surface area is 128 Å². The average molecular weight is 319 g/mol. The van der Waals surface area contributed by atoms with Crippen LogP contribution in [0.2, 0.25) is 18.1 Å². The Kier molecular flexibility index (Phi) is 5.87. The Morgan fingerprint density at radius 3 is 2.50 bits per heavy atom. The maximum atomic E-state index is 11.9. The summed E-state index contributed by atoms with van der Waals surface area (Å²) in [6, 6.07) is 0. The molecule has 5 heteroatoms. The third-order valence-corrected chi connectivity index (χ3v) is 9.29. The summed E-state index contributed by atoms with van der Waals surface area (Å²) < 4.78 is 11.6. The number of rotatable bonds is 6. The van der Waals surface area contributed by atoms with Crippen LogP contribution in [0.4, 0.5) is 0 Å². The Balaban J connectivity index is 2.69. The molecule has 0 aromatic carbocycles. The molecule has 1 heterocycles. The second kappa shape index (κ2) is 6.63. The summed E-state index contributed by atoms with van der Waals surface area (Å²) in [6.45, 7) is 15.3. The number of carbonyl (C=O) groups excluding carboxylic acids is 1. The fraction of sp³-hybridized carbons (Fsp3) is 0.800. The summed E-state index contributed by atoms with van der Waals surface area (Å²) >= 11 is 5.76. The molecule has 0 amide bonds. The van der Waals surface area contributed by atoms with Gasteiger partial charge < -0.3 is 9.16 Å². The standard InChI is InChI=1S/C15H27ClO3Si/c1-7-11-12(8-9-16)14(17)19-13(11)10-18-20(5,6)15(2,3)4/h7,11-13H,1,8-10H2,2-6H3/t11-,12+,13-/m1/s1. The molecule has 1 aliphatic rings. The van der Waals surface area contributed by atoms with Gasteiger partial charge in [0.25, 0.3) is 0 Å². The van der Waals surface area contributed by atoms with Crippen molar-refractivity contribution >= 4 is 25.9 Å². The van der Waals surface area contributed by atoms with Gasteiger partial charge in [-0.2, -0.15) is 0 Å². The molecule has 0 spiro atoms. The molecule has 1 fully saturated rings. The van der Waals surface area contributed by atoms with E-state index in [4.69, 9.17) is 20.8 Å². The highest BCUT2D eigenvalue weighted by molar-refractivity contribution is 6.74. The van der Waals surface area contributed by atoms with Gasteiger partial charge in [-0.25, -0.2) is 0 Å². The van der Waals surface area contributed by atoms with E-state index in [1.54, 1.807) is 0 Å². The van der Waals surface area contributed by atoms with Gasteiger partial charge in [0.05, 0.1) is 12.5 Å². The lowest BCUT2D eigenvalue weighted by Gasteiger charge is -2.37. The number of cyclic esters (lactones) is 1. The van der Waals surface area contributed by atoms with E-state index in [1.165, 1.54) is 0 Å². The minimum Gasteiger partial charge on any atom is -0.459 e. The van der Waals surface area contributed by atoms with E-state index >= 15 is 0 Å². The first-order valence-corrected chi connectivity index (χ1v) is 10.6. The van der Waals surface area contributed by atoms with Gasteiger partial charge in [-0.1, -0.05) is 26.8 Å². The second-order valence-electron chi connectivity index (χ2n) is 6.94. The number of esters is 1. The summed E-state index contributed by atoms with van der Waals surface area (Å²) in [4.78, 5) is 11.9. The van der Waals surface area contributed by atoms with Gasteiger partial charge in [0.2, 0.25) is 0 Å². The number of ether oxygens (including phenoxy) is 1. The van der Waals surface area contributed by atoms with E-state index in [0.717, 1.165) is 0 Å². The third kappa shape index (κ3) is 3.86. The van der Waals surface area contributed by atoms with Crippen LogP contribution in [0, 0.1) is 11.8 Å². The van der Waals surface area contributed by atoms with Gasteiger partial charge in [0, 0.05) is 11.8 Å². The molecule has 0 radical (unpaired) electrons. The zero-order valence-corrected chi connectivity index (χ0v) is 15.0. The lowest BCUT2D eigenvalue weighted by molar-refractivity contribution is -0.145. The predicted molar refractivity (Wildman–Crippen MR) is 85.5 cm³/mol. The lowest BCUT2D eigenvalue weighted by atomic mass is 9.89. The van der Waals surface area contributed by atoms with Crippen LogP contribution in [-0.2, 0) is 14.0 Å². The van der Waals surface area contributed by atoms with Gasteiger partial charge in [-0.05, 0) is 24.6 Å². The van der Waals surface area contributed by atoms with Crippen molar-refractivity contribution in [3.05, 3.63) is 12.7 Å². The summed E-state index contributed by atoms with van der Waals surface area (Å²) in [5.74, 6) is 0.128. The number of halogens is 1. The molecule has 0 unspecified atom stereocenters. The van der Waals surface area contributed by atoms with Crippen LogP contribution in [-0.4, -0.2) is 32.9 Å². The second-order valence-corrected chi connectivity index (χ2v) is 12.1. The fourth-order valence-corrected chi connectivity index (χ4v) is 3.38. The molecular weight excluding hydrogens is 292 g/mol. The van der Waals surface area contributed by atoms with Gasteiger partial charge in [0.1, 0.15) is 6.10 Å².